The molecule has 1 aliphatic rings. The highest BCUT2D eigenvalue weighted by Crippen LogP contribution is 2.20. The van der Waals surface area contributed by atoms with Crippen LogP contribution in [0.5, 0.6) is 0 Å². The number of carbonyl (C=O) groups excluding carboxylic acids is 1. The minimum atomic E-state index is -0.932. The number of benzene rings is 1. The van der Waals surface area contributed by atoms with E-state index in [0.717, 1.165) is 13.0 Å². The summed E-state index contributed by atoms with van der Waals surface area (Å²) in [4.78, 5) is 24.7. The molecule has 1 aromatic carbocycles. The lowest BCUT2D eigenvalue weighted by Gasteiger charge is -2.34. The fraction of sp³-hybridized carbons (Fsp3) is 0.500. The van der Waals surface area contributed by atoms with Crippen LogP contribution in [0, 0.1) is 0 Å². The van der Waals surface area contributed by atoms with Crippen LogP contribution in [-0.4, -0.2) is 47.6 Å². The number of carbonyl (C=O) groups is 2. The van der Waals surface area contributed by atoms with Crippen LogP contribution in [0.3, 0.4) is 0 Å². The van der Waals surface area contributed by atoms with Crippen molar-refractivity contribution in [1.29, 1.82) is 0 Å². The highest BCUT2D eigenvalue weighted by molar-refractivity contribution is 5.86. The van der Waals surface area contributed by atoms with Crippen molar-refractivity contribution in [3.8, 4) is 0 Å². The predicted octanol–water partition coefficient (Wildman–Crippen LogP) is 1.46. The smallest absolute Gasteiger partial charge is 0.305 e. The zero-order valence-corrected chi connectivity index (χ0v) is 12.3. The third-order valence-electron chi connectivity index (χ3n) is 4.03. The Bertz CT molecular complexity index is 490. The number of piperazine rings is 1. The van der Waals surface area contributed by atoms with Gasteiger partial charge in [-0.05, 0) is 24.4 Å². The fourth-order valence-corrected chi connectivity index (χ4v) is 2.72. The average molecular weight is 290 g/mol. The zero-order valence-electron chi connectivity index (χ0n) is 12.3. The molecule has 5 nitrogen and oxygen atoms in total. The molecule has 0 radical (unpaired) electrons. The summed E-state index contributed by atoms with van der Waals surface area (Å²) >= 11 is 0. The van der Waals surface area contributed by atoms with Crippen LogP contribution in [0.2, 0.25) is 0 Å². The molecular formula is C16H22N2O3. The van der Waals surface area contributed by atoms with E-state index in [1.165, 1.54) is 5.56 Å². The van der Waals surface area contributed by atoms with Gasteiger partial charge in [-0.3, -0.25) is 14.5 Å². The van der Waals surface area contributed by atoms with Crippen molar-refractivity contribution in [3.05, 3.63) is 35.9 Å². The molecule has 1 saturated heterocycles. The van der Waals surface area contributed by atoms with Crippen LogP contribution in [0.15, 0.2) is 30.3 Å². The van der Waals surface area contributed by atoms with Crippen LogP contribution in [0.4, 0.5) is 0 Å². The average Bonchev–Trinajstić information content (AvgIpc) is 2.48. The Morgan fingerprint density at radius 3 is 2.81 bits per heavy atom. The van der Waals surface area contributed by atoms with Crippen molar-refractivity contribution in [3.63, 3.8) is 0 Å². The Labute approximate surface area is 125 Å². The Hall–Kier alpha value is -1.88. The maximum absolute atomic E-state index is 11.8. The number of hydrogen-bond acceptors (Lipinski definition) is 3. The molecule has 0 saturated carbocycles. The van der Waals surface area contributed by atoms with Gasteiger partial charge in [-0.15, -0.1) is 0 Å². The number of hydrogen-bond donors (Lipinski definition) is 2. The summed E-state index contributed by atoms with van der Waals surface area (Å²) in [7, 11) is 0. The molecule has 1 fully saturated rings. The van der Waals surface area contributed by atoms with E-state index in [4.69, 9.17) is 5.11 Å². The molecule has 0 aromatic heterocycles. The molecule has 2 N–H and O–H groups in total. The van der Waals surface area contributed by atoms with E-state index in [0.29, 0.717) is 19.0 Å². The Morgan fingerprint density at radius 2 is 2.14 bits per heavy atom. The topological polar surface area (TPSA) is 69.6 Å². The first-order valence-electron chi connectivity index (χ1n) is 7.36. The first kappa shape index (κ1) is 15.5. The minimum absolute atomic E-state index is 0.133. The fourth-order valence-electron chi connectivity index (χ4n) is 2.72. The third kappa shape index (κ3) is 4.29. The second-order valence-corrected chi connectivity index (χ2v) is 5.54. The highest BCUT2D eigenvalue weighted by atomic mass is 16.4. The van der Waals surface area contributed by atoms with Crippen molar-refractivity contribution < 1.29 is 14.7 Å². The lowest BCUT2D eigenvalue weighted by Crippen LogP contribution is -2.56. The van der Waals surface area contributed by atoms with Gasteiger partial charge in [0, 0.05) is 13.1 Å². The molecule has 0 bridgehead atoms. The summed E-state index contributed by atoms with van der Waals surface area (Å²) in [6, 6.07) is 9.69. The number of nitrogens with one attached hydrogen (secondary N) is 1. The van der Waals surface area contributed by atoms with E-state index in [1.807, 2.05) is 23.1 Å². The molecule has 2 unspecified atom stereocenters. The van der Waals surface area contributed by atoms with Gasteiger partial charge in [0.2, 0.25) is 5.91 Å². The summed E-state index contributed by atoms with van der Waals surface area (Å²) in [5, 5.41) is 11.7. The van der Waals surface area contributed by atoms with Gasteiger partial charge in [0.25, 0.3) is 0 Å². The normalized spacial score (nSPS) is 20.8. The second-order valence-electron chi connectivity index (χ2n) is 5.54. The second kappa shape index (κ2) is 7.22. The molecule has 1 amide bonds. The summed E-state index contributed by atoms with van der Waals surface area (Å²) < 4.78 is 0. The van der Waals surface area contributed by atoms with E-state index >= 15 is 0 Å². The molecule has 21 heavy (non-hydrogen) atoms. The molecule has 5 heteroatoms. The molecule has 0 aliphatic carbocycles. The SMILES string of the molecule is CC(CCN1CCNC(=O)C1CC(=O)O)c1ccccc1. The molecule has 2 rings (SSSR count). The van der Waals surface area contributed by atoms with Gasteiger partial charge in [0.05, 0.1) is 12.5 Å². The van der Waals surface area contributed by atoms with Gasteiger partial charge in [-0.25, -0.2) is 0 Å². The van der Waals surface area contributed by atoms with Crippen molar-refractivity contribution in [2.75, 3.05) is 19.6 Å². The Kier molecular flexibility index (Phi) is 5.33. The number of carboxylic acid groups (broad SMARTS) is 1. The lowest BCUT2D eigenvalue weighted by atomic mass is 9.97. The van der Waals surface area contributed by atoms with Crippen LogP contribution in [-0.2, 0) is 9.59 Å². The summed E-state index contributed by atoms with van der Waals surface area (Å²) in [6.07, 6.45) is 0.777. The van der Waals surface area contributed by atoms with Crippen LogP contribution >= 0.6 is 0 Å². The Morgan fingerprint density at radius 1 is 1.43 bits per heavy atom. The summed E-state index contributed by atoms with van der Waals surface area (Å²) in [5.74, 6) is -0.712. The number of aliphatic carboxylic acids is 1. The predicted molar refractivity (Wildman–Crippen MR) is 80.1 cm³/mol. The molecular weight excluding hydrogens is 268 g/mol. The van der Waals surface area contributed by atoms with E-state index < -0.39 is 12.0 Å². The number of carboxylic acids is 1. The maximum atomic E-state index is 11.8. The van der Waals surface area contributed by atoms with Gasteiger partial charge in [-0.2, -0.15) is 0 Å². The number of rotatable bonds is 6. The molecule has 1 aromatic rings. The standard InChI is InChI=1S/C16H22N2O3/c1-12(13-5-3-2-4-6-13)7-9-18-10-8-17-16(21)14(18)11-15(19)20/h2-6,12,14H,7-11H2,1H3,(H,17,21)(H,19,20). The summed E-state index contributed by atoms with van der Waals surface area (Å²) in [5.41, 5.74) is 1.27. The van der Waals surface area contributed by atoms with Crippen molar-refractivity contribution >= 4 is 11.9 Å². The summed E-state index contributed by atoms with van der Waals surface area (Å²) in [6.45, 7) is 4.20. The van der Waals surface area contributed by atoms with E-state index in [-0.39, 0.29) is 12.3 Å². The largest absolute Gasteiger partial charge is 0.481 e. The molecule has 2 atom stereocenters. The quantitative estimate of drug-likeness (QED) is 0.832. The monoisotopic (exact) mass is 290 g/mol. The van der Waals surface area contributed by atoms with E-state index in [9.17, 15) is 9.59 Å². The minimum Gasteiger partial charge on any atom is -0.481 e. The Balaban J connectivity index is 1.93. The van der Waals surface area contributed by atoms with Crippen molar-refractivity contribution in [2.24, 2.45) is 0 Å². The van der Waals surface area contributed by atoms with Crippen molar-refractivity contribution in [2.45, 2.75) is 31.7 Å². The first-order valence-corrected chi connectivity index (χ1v) is 7.36. The zero-order chi connectivity index (χ0) is 15.2. The lowest BCUT2D eigenvalue weighted by molar-refractivity contribution is -0.143. The molecule has 0 spiro atoms. The van der Waals surface area contributed by atoms with Crippen LogP contribution in [0.25, 0.3) is 0 Å². The molecule has 1 aliphatic heterocycles. The number of nitrogens with zero attached hydrogens (tertiary/aromatic N) is 1. The first-order chi connectivity index (χ1) is 10.1. The number of amides is 1. The van der Waals surface area contributed by atoms with Crippen LogP contribution < -0.4 is 5.32 Å². The van der Waals surface area contributed by atoms with Gasteiger partial charge < -0.3 is 10.4 Å². The van der Waals surface area contributed by atoms with Crippen molar-refractivity contribution in [1.82, 2.24) is 10.2 Å². The van der Waals surface area contributed by atoms with E-state index in [1.54, 1.807) is 0 Å². The van der Waals surface area contributed by atoms with Gasteiger partial charge in [0.15, 0.2) is 0 Å². The molecule has 1 heterocycles. The maximum Gasteiger partial charge on any atom is 0.305 e. The van der Waals surface area contributed by atoms with Gasteiger partial charge in [-0.1, -0.05) is 37.3 Å². The van der Waals surface area contributed by atoms with Crippen LogP contribution in [0.1, 0.15) is 31.2 Å². The van der Waals surface area contributed by atoms with Gasteiger partial charge in [0.1, 0.15) is 0 Å². The highest BCUT2D eigenvalue weighted by Gasteiger charge is 2.31. The van der Waals surface area contributed by atoms with Gasteiger partial charge >= 0.3 is 5.97 Å². The third-order valence-corrected chi connectivity index (χ3v) is 4.03. The molecule has 114 valence electrons. The van der Waals surface area contributed by atoms with E-state index in [2.05, 4.69) is 24.4 Å².